The minimum atomic E-state index is -0.942. The molecule has 0 N–H and O–H groups in total. The van der Waals surface area contributed by atoms with Crippen molar-refractivity contribution in [2.24, 2.45) is 0 Å². The molecule has 0 spiro atoms. The zero-order valence-electron chi connectivity index (χ0n) is 16.4. The average molecular weight is 390 g/mol. The van der Waals surface area contributed by atoms with E-state index in [1.807, 2.05) is 6.07 Å². The maximum Gasteiger partial charge on any atom is 0.175 e. The van der Waals surface area contributed by atoms with Crippen LogP contribution in [0.4, 0.5) is 13.2 Å². The van der Waals surface area contributed by atoms with E-state index in [1.165, 1.54) is 12.1 Å². The fourth-order valence-electron chi connectivity index (χ4n) is 3.11. The van der Waals surface area contributed by atoms with E-state index in [4.69, 9.17) is 0 Å². The number of hydrogen-bond donors (Lipinski definition) is 0. The Morgan fingerprint density at radius 3 is 2.28 bits per heavy atom. The SMILES string of the molecule is CC#Cc1ccc(-c2ccc(C=Cc3ccc(CCC)cc3F)cc2)c(F)c1F. The van der Waals surface area contributed by atoms with Crippen LogP contribution in [0.25, 0.3) is 23.3 Å². The molecule has 3 heteroatoms. The highest BCUT2D eigenvalue weighted by atomic mass is 19.2. The molecule has 0 aliphatic heterocycles. The predicted octanol–water partition coefficient (Wildman–Crippen LogP) is 7.27. The Hall–Kier alpha value is -3.25. The molecule has 0 heterocycles. The lowest BCUT2D eigenvalue weighted by Crippen LogP contribution is -1.94. The maximum atomic E-state index is 14.4. The molecular weight excluding hydrogens is 369 g/mol. The molecule has 146 valence electrons. The quantitative estimate of drug-likeness (QED) is 0.317. The average Bonchev–Trinajstić information content (AvgIpc) is 2.72. The molecule has 29 heavy (non-hydrogen) atoms. The number of hydrogen-bond acceptors (Lipinski definition) is 0. The molecule has 3 aromatic rings. The topological polar surface area (TPSA) is 0 Å². The van der Waals surface area contributed by atoms with Crippen molar-refractivity contribution in [3.8, 4) is 23.0 Å². The van der Waals surface area contributed by atoms with Gasteiger partial charge >= 0.3 is 0 Å². The fourth-order valence-corrected chi connectivity index (χ4v) is 3.11. The second-order valence-electron chi connectivity index (χ2n) is 6.72. The van der Waals surface area contributed by atoms with Crippen molar-refractivity contribution in [2.45, 2.75) is 26.7 Å². The summed E-state index contributed by atoms with van der Waals surface area (Å²) >= 11 is 0. The molecule has 0 bridgehead atoms. The van der Waals surface area contributed by atoms with Crippen LogP contribution in [-0.2, 0) is 6.42 Å². The molecule has 0 atom stereocenters. The summed E-state index contributed by atoms with van der Waals surface area (Å²) in [5.74, 6) is 3.01. The van der Waals surface area contributed by atoms with E-state index in [1.54, 1.807) is 55.5 Å². The first-order chi connectivity index (χ1) is 14.0. The second kappa shape index (κ2) is 9.30. The van der Waals surface area contributed by atoms with Crippen molar-refractivity contribution in [1.82, 2.24) is 0 Å². The third-order valence-electron chi connectivity index (χ3n) is 4.62. The number of rotatable bonds is 5. The summed E-state index contributed by atoms with van der Waals surface area (Å²) in [6.07, 6.45) is 5.32. The highest BCUT2D eigenvalue weighted by Gasteiger charge is 2.13. The highest BCUT2D eigenvalue weighted by Crippen LogP contribution is 2.27. The summed E-state index contributed by atoms with van der Waals surface area (Å²) < 4.78 is 42.7. The van der Waals surface area contributed by atoms with Gasteiger partial charge in [0.2, 0.25) is 0 Å². The molecule has 0 fully saturated rings. The Bertz CT molecular complexity index is 1100. The molecule has 0 saturated heterocycles. The van der Waals surface area contributed by atoms with Crippen LogP contribution >= 0.6 is 0 Å². The maximum absolute atomic E-state index is 14.4. The van der Waals surface area contributed by atoms with Crippen LogP contribution in [0.2, 0.25) is 0 Å². The van der Waals surface area contributed by atoms with Crippen LogP contribution in [0.15, 0.2) is 54.6 Å². The third-order valence-corrected chi connectivity index (χ3v) is 4.62. The molecule has 0 aromatic heterocycles. The Kier molecular flexibility index (Phi) is 6.57. The van der Waals surface area contributed by atoms with Crippen molar-refractivity contribution < 1.29 is 13.2 Å². The Morgan fingerprint density at radius 2 is 1.62 bits per heavy atom. The minimum absolute atomic E-state index is 0.0419. The van der Waals surface area contributed by atoms with Crippen LogP contribution < -0.4 is 0 Å². The van der Waals surface area contributed by atoms with Crippen molar-refractivity contribution in [3.05, 3.63) is 94.3 Å². The summed E-state index contributed by atoms with van der Waals surface area (Å²) in [4.78, 5) is 0. The standard InChI is InChI=1S/C26H21F3/c1-3-5-19-10-14-21(24(27)17-19)13-9-18-7-11-20(12-8-18)23-16-15-22(6-4-2)25(28)26(23)29/h7-17H,3,5H2,1-2H3. The number of aryl methyl sites for hydroxylation is 1. The van der Waals surface area contributed by atoms with Crippen molar-refractivity contribution in [3.63, 3.8) is 0 Å². The summed E-state index contributed by atoms with van der Waals surface area (Å²) in [6.45, 7) is 3.63. The molecule has 0 amide bonds. The first-order valence-electron chi connectivity index (χ1n) is 9.51. The summed E-state index contributed by atoms with van der Waals surface area (Å²) in [5.41, 5.74) is 3.11. The molecule has 3 rings (SSSR count). The van der Waals surface area contributed by atoms with Gasteiger partial charge in [-0.05, 0) is 48.2 Å². The summed E-state index contributed by atoms with van der Waals surface area (Å²) in [7, 11) is 0. The van der Waals surface area contributed by atoms with Gasteiger partial charge in [0, 0.05) is 11.1 Å². The smallest absolute Gasteiger partial charge is 0.175 e. The summed E-state index contributed by atoms with van der Waals surface area (Å²) in [5, 5.41) is 0. The Balaban J connectivity index is 1.81. The lowest BCUT2D eigenvalue weighted by Gasteiger charge is -2.06. The highest BCUT2D eigenvalue weighted by molar-refractivity contribution is 5.73. The normalized spacial score (nSPS) is 10.8. The van der Waals surface area contributed by atoms with E-state index < -0.39 is 11.6 Å². The molecule has 3 aromatic carbocycles. The number of halogens is 3. The molecular formula is C26H21F3. The minimum Gasteiger partial charge on any atom is -0.206 e. The van der Waals surface area contributed by atoms with Gasteiger partial charge < -0.3 is 0 Å². The van der Waals surface area contributed by atoms with Gasteiger partial charge in [-0.15, -0.1) is 5.92 Å². The molecule has 0 aliphatic carbocycles. The lowest BCUT2D eigenvalue weighted by atomic mass is 10.0. The summed E-state index contributed by atoms with van der Waals surface area (Å²) in [6, 6.07) is 15.3. The lowest BCUT2D eigenvalue weighted by molar-refractivity contribution is 0.509. The van der Waals surface area contributed by atoms with Crippen LogP contribution in [0.1, 0.15) is 42.5 Å². The first-order valence-corrected chi connectivity index (χ1v) is 9.51. The fraction of sp³-hybridized carbons (Fsp3) is 0.154. The van der Waals surface area contributed by atoms with E-state index in [0.29, 0.717) is 11.1 Å². The van der Waals surface area contributed by atoms with E-state index in [2.05, 4.69) is 18.8 Å². The van der Waals surface area contributed by atoms with Gasteiger partial charge in [-0.25, -0.2) is 13.2 Å². The molecule has 0 nitrogen and oxygen atoms in total. The van der Waals surface area contributed by atoms with Gasteiger partial charge in [-0.2, -0.15) is 0 Å². The van der Waals surface area contributed by atoms with E-state index in [9.17, 15) is 13.2 Å². The van der Waals surface area contributed by atoms with Crippen molar-refractivity contribution in [2.75, 3.05) is 0 Å². The Morgan fingerprint density at radius 1 is 0.862 bits per heavy atom. The van der Waals surface area contributed by atoms with E-state index in [0.717, 1.165) is 24.0 Å². The van der Waals surface area contributed by atoms with Crippen LogP contribution in [-0.4, -0.2) is 0 Å². The van der Waals surface area contributed by atoms with Gasteiger partial charge in [0.05, 0.1) is 5.56 Å². The van der Waals surface area contributed by atoms with E-state index in [-0.39, 0.29) is 16.9 Å². The second-order valence-corrected chi connectivity index (χ2v) is 6.72. The van der Waals surface area contributed by atoms with Crippen LogP contribution in [0.3, 0.4) is 0 Å². The van der Waals surface area contributed by atoms with Crippen molar-refractivity contribution in [1.29, 1.82) is 0 Å². The van der Waals surface area contributed by atoms with Gasteiger partial charge in [0.25, 0.3) is 0 Å². The third kappa shape index (κ3) is 4.78. The van der Waals surface area contributed by atoms with Crippen LogP contribution in [0.5, 0.6) is 0 Å². The molecule has 0 saturated carbocycles. The van der Waals surface area contributed by atoms with Gasteiger partial charge in [-0.1, -0.05) is 67.8 Å². The van der Waals surface area contributed by atoms with Crippen molar-refractivity contribution >= 4 is 12.2 Å². The largest absolute Gasteiger partial charge is 0.206 e. The first kappa shape index (κ1) is 20.5. The van der Waals surface area contributed by atoms with Crippen LogP contribution in [0, 0.1) is 29.3 Å². The zero-order chi connectivity index (χ0) is 20.8. The zero-order valence-corrected chi connectivity index (χ0v) is 16.4. The number of benzene rings is 3. The van der Waals surface area contributed by atoms with E-state index >= 15 is 0 Å². The van der Waals surface area contributed by atoms with Gasteiger partial charge in [0.15, 0.2) is 11.6 Å². The molecule has 0 radical (unpaired) electrons. The molecule has 0 aliphatic rings. The monoisotopic (exact) mass is 390 g/mol. The Labute approximate surface area is 169 Å². The molecule has 0 unspecified atom stereocenters. The van der Waals surface area contributed by atoms with Gasteiger partial charge in [-0.3, -0.25) is 0 Å². The predicted molar refractivity (Wildman–Crippen MR) is 114 cm³/mol. The van der Waals surface area contributed by atoms with Gasteiger partial charge in [0.1, 0.15) is 5.82 Å².